The Morgan fingerprint density at radius 3 is 2.82 bits per heavy atom. The Morgan fingerprint density at radius 2 is 2.18 bits per heavy atom. The van der Waals surface area contributed by atoms with E-state index in [9.17, 15) is 0 Å². The summed E-state index contributed by atoms with van der Waals surface area (Å²) in [5.74, 6) is 1.56. The molecule has 1 aromatic rings. The average Bonchev–Trinajstić information content (AvgIpc) is 2.13. The van der Waals surface area contributed by atoms with E-state index in [1.54, 1.807) is 12.3 Å². The summed E-state index contributed by atoms with van der Waals surface area (Å²) in [6.45, 7) is 6.88. The maximum Gasteiger partial charge on any atom is 0.223 e. The molecule has 4 heteroatoms. The first-order valence-electron chi connectivity index (χ1n) is 6.20. The van der Waals surface area contributed by atoms with E-state index in [-0.39, 0.29) is 12.1 Å². The van der Waals surface area contributed by atoms with Crippen LogP contribution in [0.25, 0.3) is 0 Å². The highest BCUT2D eigenvalue weighted by Gasteiger charge is 2.33. The van der Waals surface area contributed by atoms with Gasteiger partial charge in [0.25, 0.3) is 0 Å². The van der Waals surface area contributed by atoms with Crippen molar-refractivity contribution in [1.29, 1.82) is 0 Å². The number of rotatable bonds is 2. The smallest absolute Gasteiger partial charge is 0.223 e. The maximum atomic E-state index is 5.91. The van der Waals surface area contributed by atoms with Gasteiger partial charge in [-0.2, -0.15) is 4.98 Å². The quantitative estimate of drug-likeness (QED) is 0.856. The third-order valence-corrected chi connectivity index (χ3v) is 3.28. The molecule has 1 fully saturated rings. The second-order valence-corrected chi connectivity index (χ2v) is 5.91. The van der Waals surface area contributed by atoms with Gasteiger partial charge in [-0.25, -0.2) is 4.98 Å². The van der Waals surface area contributed by atoms with Crippen molar-refractivity contribution < 1.29 is 4.74 Å². The number of aromatic nitrogens is 2. The van der Waals surface area contributed by atoms with Crippen LogP contribution in [0, 0.1) is 11.3 Å². The molecule has 0 spiro atoms. The molecule has 1 aromatic heterocycles. The highest BCUT2D eigenvalue weighted by molar-refractivity contribution is 5.20. The summed E-state index contributed by atoms with van der Waals surface area (Å²) in [6.07, 6.45) is 5.30. The molecular formula is C13H21N3O. The van der Waals surface area contributed by atoms with Crippen LogP contribution in [-0.4, -0.2) is 16.1 Å². The number of nitrogens with two attached hydrogens (primary N) is 1. The maximum absolute atomic E-state index is 5.91. The molecule has 0 aromatic carbocycles. The van der Waals surface area contributed by atoms with Crippen molar-refractivity contribution >= 4 is 5.95 Å². The lowest BCUT2D eigenvalue weighted by Gasteiger charge is -2.38. The first kappa shape index (κ1) is 12.1. The molecule has 17 heavy (non-hydrogen) atoms. The number of hydrogen-bond acceptors (Lipinski definition) is 4. The highest BCUT2D eigenvalue weighted by Crippen LogP contribution is 2.39. The normalized spacial score (nSPS) is 27.7. The summed E-state index contributed by atoms with van der Waals surface area (Å²) in [7, 11) is 0. The summed E-state index contributed by atoms with van der Waals surface area (Å²) in [6, 6.07) is 1.77. The van der Waals surface area contributed by atoms with Gasteiger partial charge in [0.1, 0.15) is 6.10 Å². The zero-order chi connectivity index (χ0) is 12.5. The summed E-state index contributed by atoms with van der Waals surface area (Å²) in [5.41, 5.74) is 5.89. The van der Waals surface area contributed by atoms with Crippen molar-refractivity contribution in [1.82, 2.24) is 9.97 Å². The van der Waals surface area contributed by atoms with Gasteiger partial charge in [-0.3, -0.25) is 0 Å². The molecular weight excluding hydrogens is 214 g/mol. The van der Waals surface area contributed by atoms with Crippen LogP contribution in [0.3, 0.4) is 0 Å². The Kier molecular flexibility index (Phi) is 3.22. The van der Waals surface area contributed by atoms with Crippen LogP contribution in [0.2, 0.25) is 0 Å². The second kappa shape index (κ2) is 4.51. The zero-order valence-corrected chi connectivity index (χ0v) is 10.8. The van der Waals surface area contributed by atoms with E-state index in [2.05, 4.69) is 30.7 Å². The number of anilines is 1. The van der Waals surface area contributed by atoms with Crippen molar-refractivity contribution in [3.05, 3.63) is 12.3 Å². The van der Waals surface area contributed by atoms with Gasteiger partial charge in [-0.05, 0) is 30.6 Å². The lowest BCUT2D eigenvalue weighted by molar-refractivity contribution is 0.0533. The van der Waals surface area contributed by atoms with Crippen LogP contribution in [0.1, 0.15) is 40.0 Å². The van der Waals surface area contributed by atoms with Crippen molar-refractivity contribution in [3.63, 3.8) is 0 Å². The average molecular weight is 235 g/mol. The van der Waals surface area contributed by atoms with E-state index in [1.165, 1.54) is 6.42 Å². The zero-order valence-electron chi connectivity index (χ0n) is 10.8. The summed E-state index contributed by atoms with van der Waals surface area (Å²) >= 11 is 0. The first-order chi connectivity index (χ1) is 7.94. The van der Waals surface area contributed by atoms with Crippen molar-refractivity contribution in [3.8, 4) is 5.88 Å². The Morgan fingerprint density at radius 1 is 1.41 bits per heavy atom. The molecule has 1 saturated carbocycles. The molecule has 0 saturated heterocycles. The van der Waals surface area contributed by atoms with Crippen LogP contribution >= 0.6 is 0 Å². The third kappa shape index (κ3) is 3.32. The van der Waals surface area contributed by atoms with Gasteiger partial charge in [0.2, 0.25) is 11.8 Å². The van der Waals surface area contributed by atoms with E-state index in [0.717, 1.165) is 12.8 Å². The molecule has 0 bridgehead atoms. The van der Waals surface area contributed by atoms with Gasteiger partial charge in [-0.15, -0.1) is 0 Å². The van der Waals surface area contributed by atoms with E-state index in [0.29, 0.717) is 17.2 Å². The van der Waals surface area contributed by atoms with Gasteiger partial charge in [0.15, 0.2) is 0 Å². The van der Waals surface area contributed by atoms with E-state index in [1.807, 2.05) is 0 Å². The standard InChI is InChI=1S/C13H21N3O/c1-9-6-10(8-13(2,3)7-9)17-11-4-5-15-12(14)16-11/h4-5,9-10H,6-8H2,1-3H3,(H2,14,15,16). The number of hydrogen-bond donors (Lipinski definition) is 1. The molecule has 1 aliphatic carbocycles. The van der Waals surface area contributed by atoms with E-state index < -0.39 is 0 Å². The van der Waals surface area contributed by atoms with Crippen LogP contribution in [-0.2, 0) is 0 Å². The molecule has 0 amide bonds. The Hall–Kier alpha value is -1.32. The Bertz CT molecular complexity index is 392. The minimum absolute atomic E-state index is 0.239. The Balaban J connectivity index is 2.03. The molecule has 2 unspecified atom stereocenters. The monoisotopic (exact) mass is 235 g/mol. The summed E-state index contributed by atoms with van der Waals surface area (Å²) in [4.78, 5) is 7.95. The molecule has 2 N–H and O–H groups in total. The van der Waals surface area contributed by atoms with Gasteiger partial charge < -0.3 is 10.5 Å². The molecule has 1 heterocycles. The number of nitrogen functional groups attached to an aromatic ring is 1. The molecule has 94 valence electrons. The summed E-state index contributed by atoms with van der Waals surface area (Å²) < 4.78 is 5.91. The molecule has 1 aliphatic rings. The lowest BCUT2D eigenvalue weighted by atomic mass is 9.71. The molecule has 4 nitrogen and oxygen atoms in total. The molecule has 0 radical (unpaired) electrons. The van der Waals surface area contributed by atoms with Crippen LogP contribution < -0.4 is 10.5 Å². The second-order valence-electron chi connectivity index (χ2n) is 5.91. The Labute approximate surface area is 103 Å². The van der Waals surface area contributed by atoms with Crippen molar-refractivity contribution in [2.75, 3.05) is 5.73 Å². The summed E-state index contributed by atoms with van der Waals surface area (Å²) in [5, 5.41) is 0. The minimum atomic E-state index is 0.239. The van der Waals surface area contributed by atoms with Gasteiger partial charge in [-0.1, -0.05) is 20.8 Å². The van der Waals surface area contributed by atoms with Gasteiger partial charge in [0.05, 0.1) is 0 Å². The van der Waals surface area contributed by atoms with Gasteiger partial charge >= 0.3 is 0 Å². The molecule has 0 aliphatic heterocycles. The SMILES string of the molecule is CC1CC(Oc2ccnc(N)n2)CC(C)(C)C1. The fourth-order valence-corrected chi connectivity index (χ4v) is 2.94. The fourth-order valence-electron chi connectivity index (χ4n) is 2.94. The third-order valence-electron chi connectivity index (χ3n) is 3.28. The van der Waals surface area contributed by atoms with Crippen molar-refractivity contribution in [2.24, 2.45) is 11.3 Å². The molecule has 2 atom stereocenters. The predicted molar refractivity (Wildman–Crippen MR) is 67.7 cm³/mol. The number of nitrogens with zero attached hydrogens (tertiary/aromatic N) is 2. The van der Waals surface area contributed by atoms with Crippen LogP contribution in [0.15, 0.2) is 12.3 Å². The molecule has 2 rings (SSSR count). The topological polar surface area (TPSA) is 61.0 Å². The fraction of sp³-hybridized carbons (Fsp3) is 0.692. The first-order valence-corrected chi connectivity index (χ1v) is 6.20. The number of ether oxygens (including phenoxy) is 1. The van der Waals surface area contributed by atoms with Crippen molar-refractivity contribution in [2.45, 2.75) is 46.1 Å². The lowest BCUT2D eigenvalue weighted by Crippen LogP contribution is -2.34. The van der Waals surface area contributed by atoms with E-state index in [4.69, 9.17) is 10.5 Å². The van der Waals surface area contributed by atoms with Crippen LogP contribution in [0.4, 0.5) is 5.95 Å². The largest absolute Gasteiger partial charge is 0.474 e. The van der Waals surface area contributed by atoms with Crippen LogP contribution in [0.5, 0.6) is 5.88 Å². The highest BCUT2D eigenvalue weighted by atomic mass is 16.5. The van der Waals surface area contributed by atoms with Gasteiger partial charge in [0, 0.05) is 12.3 Å². The van der Waals surface area contributed by atoms with E-state index >= 15 is 0 Å². The minimum Gasteiger partial charge on any atom is -0.474 e. The predicted octanol–water partition coefficient (Wildman–Crippen LogP) is 2.65.